The molecule has 0 aromatic heterocycles. The van der Waals surface area contributed by atoms with E-state index in [9.17, 15) is 15.0 Å². The van der Waals surface area contributed by atoms with Crippen molar-refractivity contribution >= 4 is 5.97 Å². The van der Waals surface area contributed by atoms with Crippen LogP contribution < -0.4 is 0 Å². The van der Waals surface area contributed by atoms with Crippen LogP contribution in [0.4, 0.5) is 0 Å². The van der Waals surface area contributed by atoms with E-state index in [4.69, 9.17) is 5.11 Å². The van der Waals surface area contributed by atoms with Gasteiger partial charge in [-0.15, -0.1) is 0 Å². The Hall–Kier alpha value is -0.610. The van der Waals surface area contributed by atoms with Gasteiger partial charge >= 0.3 is 5.97 Å². The average Bonchev–Trinajstić information content (AvgIpc) is 2.73. The standard InChI is InChI=1S/C19H32O4/c1-11-10-14-12-4-5-15(20)18(2,9-7-16(21)22)13(12)6-8-19(14,3)17(11)23/h11-15,17,20,23H,4-10H2,1-3H3,(H,21,22)/t11-,12?,13?,14?,15?,17?,18+,19-/m0/s1. The Morgan fingerprint density at radius 1 is 1.13 bits per heavy atom. The lowest BCUT2D eigenvalue weighted by molar-refractivity contribution is -0.148. The second-order valence-electron chi connectivity index (χ2n) is 9.07. The highest BCUT2D eigenvalue weighted by molar-refractivity contribution is 5.66. The van der Waals surface area contributed by atoms with Crippen LogP contribution in [0.15, 0.2) is 0 Å². The Kier molecular flexibility index (Phi) is 4.29. The summed E-state index contributed by atoms with van der Waals surface area (Å²) in [5, 5.41) is 30.4. The molecule has 23 heavy (non-hydrogen) atoms. The van der Waals surface area contributed by atoms with Gasteiger partial charge in [0, 0.05) is 6.42 Å². The summed E-state index contributed by atoms with van der Waals surface area (Å²) in [5.41, 5.74) is -0.282. The monoisotopic (exact) mass is 324 g/mol. The van der Waals surface area contributed by atoms with Crippen LogP contribution in [-0.4, -0.2) is 33.5 Å². The Morgan fingerprint density at radius 3 is 2.48 bits per heavy atom. The first-order valence-corrected chi connectivity index (χ1v) is 9.28. The molecule has 3 aliphatic carbocycles. The molecule has 0 aliphatic heterocycles. The van der Waals surface area contributed by atoms with Crippen LogP contribution in [-0.2, 0) is 4.79 Å². The van der Waals surface area contributed by atoms with Gasteiger partial charge in [0.2, 0.25) is 0 Å². The van der Waals surface area contributed by atoms with Gasteiger partial charge < -0.3 is 15.3 Å². The Balaban J connectivity index is 1.86. The number of carboxylic acid groups (broad SMARTS) is 1. The van der Waals surface area contributed by atoms with Crippen LogP contribution in [0.2, 0.25) is 0 Å². The van der Waals surface area contributed by atoms with Crippen LogP contribution in [0.1, 0.15) is 65.7 Å². The van der Waals surface area contributed by atoms with Gasteiger partial charge in [0.05, 0.1) is 12.2 Å². The molecule has 0 saturated heterocycles. The van der Waals surface area contributed by atoms with Crippen molar-refractivity contribution in [3.8, 4) is 0 Å². The number of fused-ring (bicyclic) bond motifs is 3. The third-order valence-corrected chi connectivity index (χ3v) is 7.97. The summed E-state index contributed by atoms with van der Waals surface area (Å²) < 4.78 is 0. The lowest BCUT2D eigenvalue weighted by atomic mass is 9.48. The first-order valence-electron chi connectivity index (χ1n) is 9.28. The number of carboxylic acids is 1. The fourth-order valence-corrected chi connectivity index (χ4v) is 6.50. The minimum absolute atomic E-state index is 0.0105. The fourth-order valence-electron chi connectivity index (χ4n) is 6.50. The van der Waals surface area contributed by atoms with Crippen LogP contribution in [0.5, 0.6) is 0 Å². The lowest BCUT2D eigenvalue weighted by Gasteiger charge is -2.57. The van der Waals surface area contributed by atoms with Crippen molar-refractivity contribution in [1.29, 1.82) is 0 Å². The van der Waals surface area contributed by atoms with E-state index in [1.165, 1.54) is 0 Å². The number of hydrogen-bond acceptors (Lipinski definition) is 3. The van der Waals surface area contributed by atoms with Gasteiger partial charge in [0.25, 0.3) is 0 Å². The van der Waals surface area contributed by atoms with Gasteiger partial charge in [-0.1, -0.05) is 20.8 Å². The summed E-state index contributed by atoms with van der Waals surface area (Å²) in [4.78, 5) is 11.1. The highest BCUT2D eigenvalue weighted by Crippen LogP contribution is 2.64. The van der Waals surface area contributed by atoms with Crippen LogP contribution in [0.25, 0.3) is 0 Å². The molecule has 0 aromatic rings. The maximum Gasteiger partial charge on any atom is 0.303 e. The zero-order chi connectivity index (χ0) is 17.0. The van der Waals surface area contributed by atoms with Crippen LogP contribution in [0, 0.1) is 34.5 Å². The van der Waals surface area contributed by atoms with E-state index in [0.717, 1.165) is 32.1 Å². The smallest absolute Gasteiger partial charge is 0.303 e. The summed E-state index contributed by atoms with van der Waals surface area (Å²) >= 11 is 0. The van der Waals surface area contributed by atoms with Crippen molar-refractivity contribution < 1.29 is 20.1 Å². The molecular formula is C19H32O4. The molecule has 8 atom stereocenters. The molecule has 3 aliphatic rings. The highest BCUT2D eigenvalue weighted by atomic mass is 16.4. The second kappa shape index (κ2) is 5.73. The minimum atomic E-state index is -0.772. The topological polar surface area (TPSA) is 77.8 Å². The van der Waals surface area contributed by atoms with Crippen molar-refractivity contribution in [2.75, 3.05) is 0 Å². The average molecular weight is 324 g/mol. The van der Waals surface area contributed by atoms with E-state index >= 15 is 0 Å². The number of aliphatic hydroxyl groups excluding tert-OH is 2. The molecule has 3 saturated carbocycles. The number of aliphatic hydroxyl groups is 2. The Bertz CT molecular complexity index is 478. The zero-order valence-corrected chi connectivity index (χ0v) is 14.7. The molecule has 0 spiro atoms. The highest BCUT2D eigenvalue weighted by Gasteiger charge is 2.60. The maximum absolute atomic E-state index is 11.1. The molecular weight excluding hydrogens is 292 g/mol. The van der Waals surface area contributed by atoms with Gasteiger partial charge in [-0.25, -0.2) is 0 Å². The fraction of sp³-hybridized carbons (Fsp3) is 0.947. The third kappa shape index (κ3) is 2.53. The van der Waals surface area contributed by atoms with E-state index in [0.29, 0.717) is 30.1 Å². The summed E-state index contributed by atoms with van der Waals surface area (Å²) in [6.07, 6.45) is 4.96. The molecule has 0 heterocycles. The number of carbonyl (C=O) groups is 1. The molecule has 132 valence electrons. The van der Waals surface area contributed by atoms with Gasteiger partial charge in [-0.2, -0.15) is 0 Å². The van der Waals surface area contributed by atoms with Crippen LogP contribution in [0.3, 0.4) is 0 Å². The summed E-state index contributed by atoms with van der Waals surface area (Å²) in [6.45, 7) is 6.52. The Morgan fingerprint density at radius 2 is 1.83 bits per heavy atom. The van der Waals surface area contributed by atoms with E-state index in [1.54, 1.807) is 0 Å². The van der Waals surface area contributed by atoms with E-state index in [2.05, 4.69) is 20.8 Å². The third-order valence-electron chi connectivity index (χ3n) is 7.97. The van der Waals surface area contributed by atoms with E-state index in [-0.39, 0.29) is 23.4 Å². The van der Waals surface area contributed by atoms with E-state index < -0.39 is 12.1 Å². The quantitative estimate of drug-likeness (QED) is 0.745. The largest absolute Gasteiger partial charge is 0.481 e. The second-order valence-corrected chi connectivity index (χ2v) is 9.07. The lowest BCUT2D eigenvalue weighted by Crippen LogP contribution is -2.54. The zero-order valence-electron chi connectivity index (χ0n) is 14.7. The SMILES string of the molecule is C[C@H]1CC2C3CCC(O)[C@](C)(CCC(=O)O)C3CC[C@]2(C)C1O. The predicted molar refractivity (Wildman–Crippen MR) is 87.8 cm³/mol. The van der Waals surface area contributed by atoms with Gasteiger partial charge in [-0.05, 0) is 73.0 Å². The van der Waals surface area contributed by atoms with Gasteiger partial charge in [0.1, 0.15) is 0 Å². The summed E-state index contributed by atoms with van der Waals surface area (Å²) in [7, 11) is 0. The number of rotatable bonds is 3. The molecule has 4 heteroatoms. The predicted octanol–water partition coefficient (Wildman–Crippen LogP) is 3.06. The number of aliphatic carboxylic acids is 1. The Labute approximate surface area is 139 Å². The number of hydrogen-bond donors (Lipinski definition) is 3. The van der Waals surface area contributed by atoms with Gasteiger partial charge in [-0.3, -0.25) is 4.79 Å². The first kappa shape index (κ1) is 17.2. The molecule has 5 unspecified atom stereocenters. The van der Waals surface area contributed by atoms with Crippen molar-refractivity contribution in [2.24, 2.45) is 34.5 Å². The molecule has 0 bridgehead atoms. The summed E-state index contributed by atoms with van der Waals surface area (Å²) in [5.74, 6) is 1.01. The molecule has 4 nitrogen and oxygen atoms in total. The molecule has 0 aromatic carbocycles. The normalized spacial score (nSPS) is 52.7. The van der Waals surface area contributed by atoms with Crippen molar-refractivity contribution in [1.82, 2.24) is 0 Å². The van der Waals surface area contributed by atoms with Crippen molar-refractivity contribution in [2.45, 2.75) is 77.9 Å². The minimum Gasteiger partial charge on any atom is -0.481 e. The maximum atomic E-state index is 11.1. The van der Waals surface area contributed by atoms with Gasteiger partial charge in [0.15, 0.2) is 0 Å². The van der Waals surface area contributed by atoms with Crippen molar-refractivity contribution in [3.63, 3.8) is 0 Å². The molecule has 0 amide bonds. The molecule has 3 N–H and O–H groups in total. The molecule has 3 rings (SSSR count). The van der Waals surface area contributed by atoms with Crippen LogP contribution >= 0.6 is 0 Å². The van der Waals surface area contributed by atoms with E-state index in [1.807, 2.05) is 0 Å². The first-order chi connectivity index (χ1) is 10.7. The molecule has 0 radical (unpaired) electrons. The van der Waals surface area contributed by atoms with Crippen molar-refractivity contribution in [3.05, 3.63) is 0 Å². The molecule has 3 fully saturated rings. The summed E-state index contributed by atoms with van der Waals surface area (Å²) in [6, 6.07) is 0.